The van der Waals surface area contributed by atoms with Gasteiger partial charge in [-0.3, -0.25) is 9.93 Å². The lowest BCUT2D eigenvalue weighted by Crippen LogP contribution is -2.40. The largest absolute Gasteiger partial charge is 0.342 e. The number of rotatable bonds is 1. The van der Waals surface area contributed by atoms with Crippen LogP contribution in [0.4, 0.5) is 0 Å². The van der Waals surface area contributed by atoms with Gasteiger partial charge >= 0.3 is 0 Å². The van der Waals surface area contributed by atoms with Crippen molar-refractivity contribution in [3.05, 3.63) is 0 Å². The number of nitrogens with two attached hydrogens (primary N) is 1. The number of hydrogen-bond donors (Lipinski definition) is 1. The molecule has 2 N–H and O–H groups in total. The highest BCUT2D eigenvalue weighted by Gasteiger charge is 2.20. The molecule has 1 rings (SSSR count). The summed E-state index contributed by atoms with van der Waals surface area (Å²) in [4.78, 5) is 12.8. The summed E-state index contributed by atoms with van der Waals surface area (Å²) in [5.74, 6) is 0.170. The van der Waals surface area contributed by atoms with Crippen LogP contribution in [0, 0.1) is 0 Å². The van der Waals surface area contributed by atoms with Crippen molar-refractivity contribution in [1.82, 2.24) is 4.90 Å². The van der Waals surface area contributed by atoms with Crippen molar-refractivity contribution >= 4 is 17.9 Å². The second-order valence-electron chi connectivity index (χ2n) is 2.87. The molecule has 1 amide bonds. The second kappa shape index (κ2) is 3.97. The molecule has 0 saturated carbocycles. The third-order valence-electron chi connectivity index (χ3n) is 2.02. The van der Waals surface area contributed by atoms with E-state index in [0.29, 0.717) is 5.25 Å². The molecule has 0 aromatic rings. The van der Waals surface area contributed by atoms with E-state index in [1.54, 1.807) is 6.92 Å². The number of hydrogen-bond acceptors (Lipinski definition) is 3. The van der Waals surface area contributed by atoms with Crippen molar-refractivity contribution in [2.75, 3.05) is 13.1 Å². The van der Waals surface area contributed by atoms with Gasteiger partial charge in [-0.25, -0.2) is 0 Å². The molecule has 0 bridgehead atoms. The first-order valence-electron chi connectivity index (χ1n) is 3.85. The number of piperidine rings is 1. The van der Waals surface area contributed by atoms with Crippen LogP contribution >= 0.6 is 11.9 Å². The quantitative estimate of drug-likeness (QED) is 0.592. The monoisotopic (exact) mass is 174 g/mol. The molecule has 1 saturated heterocycles. The van der Waals surface area contributed by atoms with Gasteiger partial charge in [-0.15, -0.1) is 0 Å². The summed E-state index contributed by atoms with van der Waals surface area (Å²) in [5.41, 5.74) is 0. The van der Waals surface area contributed by atoms with Crippen LogP contribution in [0.25, 0.3) is 0 Å². The Morgan fingerprint density at radius 1 is 1.73 bits per heavy atom. The summed E-state index contributed by atoms with van der Waals surface area (Å²) in [6.45, 7) is 3.35. The highest BCUT2D eigenvalue weighted by molar-refractivity contribution is 7.97. The van der Waals surface area contributed by atoms with Gasteiger partial charge in [-0.2, -0.15) is 0 Å². The molecule has 4 heteroatoms. The van der Waals surface area contributed by atoms with Crippen LogP contribution in [0.15, 0.2) is 0 Å². The molecule has 1 fully saturated rings. The summed E-state index contributed by atoms with van der Waals surface area (Å²) in [6, 6.07) is 0. The number of carbonyl (C=O) groups excluding carboxylic acids is 1. The van der Waals surface area contributed by atoms with E-state index >= 15 is 0 Å². The SMILES string of the molecule is CC(=O)N1CCCC(SN)C1. The highest BCUT2D eigenvalue weighted by Crippen LogP contribution is 2.17. The zero-order chi connectivity index (χ0) is 8.27. The van der Waals surface area contributed by atoms with Crippen molar-refractivity contribution < 1.29 is 4.79 Å². The average Bonchev–Trinajstić information content (AvgIpc) is 2.05. The van der Waals surface area contributed by atoms with Crippen molar-refractivity contribution in [1.29, 1.82) is 0 Å². The molecule has 64 valence electrons. The first kappa shape index (κ1) is 8.87. The molecule has 0 aromatic heterocycles. The van der Waals surface area contributed by atoms with Crippen LogP contribution in [0.5, 0.6) is 0 Å². The maximum absolute atomic E-state index is 10.9. The fourth-order valence-corrected chi connectivity index (χ4v) is 1.90. The van der Waals surface area contributed by atoms with Crippen LogP contribution in [-0.2, 0) is 4.79 Å². The topological polar surface area (TPSA) is 46.3 Å². The highest BCUT2D eigenvalue weighted by atomic mass is 32.2. The first-order chi connectivity index (χ1) is 5.24. The third kappa shape index (κ3) is 2.38. The second-order valence-corrected chi connectivity index (χ2v) is 3.80. The van der Waals surface area contributed by atoms with Crippen LogP contribution < -0.4 is 5.14 Å². The number of likely N-dealkylation sites (tertiary alicyclic amines) is 1. The summed E-state index contributed by atoms with van der Waals surface area (Å²) < 4.78 is 0. The molecule has 3 nitrogen and oxygen atoms in total. The van der Waals surface area contributed by atoms with E-state index in [0.717, 1.165) is 25.9 Å². The Labute approximate surface area is 71.4 Å². The number of carbonyl (C=O) groups is 1. The maximum atomic E-state index is 10.9. The van der Waals surface area contributed by atoms with Gasteiger partial charge in [0.2, 0.25) is 5.91 Å². The molecular weight excluding hydrogens is 160 g/mol. The lowest BCUT2D eigenvalue weighted by molar-refractivity contribution is -0.129. The predicted molar refractivity (Wildman–Crippen MR) is 47.1 cm³/mol. The van der Waals surface area contributed by atoms with E-state index in [1.807, 2.05) is 4.90 Å². The van der Waals surface area contributed by atoms with E-state index in [4.69, 9.17) is 5.14 Å². The van der Waals surface area contributed by atoms with Gasteiger partial charge in [-0.05, 0) is 12.8 Å². The molecule has 1 atom stereocenters. The van der Waals surface area contributed by atoms with Crippen molar-refractivity contribution in [2.24, 2.45) is 5.14 Å². The van der Waals surface area contributed by atoms with Crippen LogP contribution in [0.2, 0.25) is 0 Å². The molecule has 0 radical (unpaired) electrons. The Kier molecular flexibility index (Phi) is 3.20. The van der Waals surface area contributed by atoms with Gasteiger partial charge in [-0.1, -0.05) is 11.9 Å². The van der Waals surface area contributed by atoms with Gasteiger partial charge in [0, 0.05) is 25.3 Å². The lowest BCUT2D eigenvalue weighted by atomic mass is 10.1. The van der Waals surface area contributed by atoms with E-state index < -0.39 is 0 Å². The minimum absolute atomic E-state index is 0.170. The van der Waals surface area contributed by atoms with Crippen LogP contribution in [0.1, 0.15) is 19.8 Å². The Morgan fingerprint density at radius 3 is 3.00 bits per heavy atom. The molecule has 1 aliphatic rings. The van der Waals surface area contributed by atoms with E-state index in [1.165, 1.54) is 11.9 Å². The molecule has 11 heavy (non-hydrogen) atoms. The van der Waals surface area contributed by atoms with Gasteiger partial charge in [0.15, 0.2) is 0 Å². The number of amides is 1. The van der Waals surface area contributed by atoms with Gasteiger partial charge < -0.3 is 4.90 Å². The molecule has 1 unspecified atom stereocenters. The molecule has 0 aliphatic carbocycles. The lowest BCUT2D eigenvalue weighted by Gasteiger charge is -2.30. The van der Waals surface area contributed by atoms with Gasteiger partial charge in [0.05, 0.1) is 0 Å². The average molecular weight is 174 g/mol. The van der Waals surface area contributed by atoms with Crippen LogP contribution in [0.3, 0.4) is 0 Å². The maximum Gasteiger partial charge on any atom is 0.219 e. The zero-order valence-corrected chi connectivity index (χ0v) is 7.56. The van der Waals surface area contributed by atoms with E-state index in [2.05, 4.69) is 0 Å². The Hall–Kier alpha value is -0.220. The molecule has 0 spiro atoms. The van der Waals surface area contributed by atoms with Crippen molar-refractivity contribution in [3.63, 3.8) is 0 Å². The molecule has 1 aliphatic heterocycles. The molecular formula is C7H14N2OS. The van der Waals surface area contributed by atoms with Crippen molar-refractivity contribution in [3.8, 4) is 0 Å². The summed E-state index contributed by atoms with van der Waals surface area (Å²) in [6.07, 6.45) is 2.24. The smallest absolute Gasteiger partial charge is 0.219 e. The summed E-state index contributed by atoms with van der Waals surface area (Å²) >= 11 is 1.37. The standard InChI is InChI=1S/C7H14N2OS/c1-6(10)9-4-2-3-7(5-9)11-8/h7H,2-5,8H2,1H3. The first-order valence-corrected chi connectivity index (χ1v) is 4.79. The third-order valence-corrected chi connectivity index (χ3v) is 2.79. The normalized spacial score (nSPS) is 25.3. The molecule has 0 aromatic carbocycles. The van der Waals surface area contributed by atoms with Crippen LogP contribution in [-0.4, -0.2) is 29.1 Å². The fraction of sp³-hybridized carbons (Fsp3) is 0.857. The summed E-state index contributed by atoms with van der Waals surface area (Å²) in [5, 5.41) is 5.90. The van der Waals surface area contributed by atoms with Crippen molar-refractivity contribution in [2.45, 2.75) is 25.0 Å². The minimum atomic E-state index is 0.170. The Balaban J connectivity index is 2.39. The predicted octanol–water partition coefficient (Wildman–Crippen LogP) is 0.604. The zero-order valence-electron chi connectivity index (χ0n) is 6.75. The summed E-state index contributed by atoms with van der Waals surface area (Å²) in [7, 11) is 0. The van der Waals surface area contributed by atoms with E-state index in [-0.39, 0.29) is 5.91 Å². The molecule has 1 heterocycles. The number of nitrogens with zero attached hydrogens (tertiary/aromatic N) is 1. The minimum Gasteiger partial charge on any atom is -0.342 e. The Morgan fingerprint density at radius 2 is 2.45 bits per heavy atom. The van der Waals surface area contributed by atoms with Gasteiger partial charge in [0.1, 0.15) is 0 Å². The fourth-order valence-electron chi connectivity index (χ4n) is 1.34. The van der Waals surface area contributed by atoms with E-state index in [9.17, 15) is 4.79 Å². The Bertz CT molecular complexity index is 151. The van der Waals surface area contributed by atoms with Gasteiger partial charge in [0.25, 0.3) is 0 Å².